The number of nitriles is 1. The van der Waals surface area contributed by atoms with Crippen LogP contribution in [0.5, 0.6) is 0 Å². The number of benzene rings is 2. The monoisotopic (exact) mass is 381 g/mol. The van der Waals surface area contributed by atoms with Crippen molar-refractivity contribution < 1.29 is 14.7 Å². The van der Waals surface area contributed by atoms with Gasteiger partial charge in [0.25, 0.3) is 0 Å². The van der Waals surface area contributed by atoms with Crippen LogP contribution >= 0.6 is 11.8 Å². The van der Waals surface area contributed by atoms with E-state index >= 15 is 0 Å². The predicted molar refractivity (Wildman–Crippen MR) is 103 cm³/mol. The molecule has 27 heavy (non-hydrogen) atoms. The molecular weight excluding hydrogens is 362 g/mol. The Morgan fingerprint density at radius 1 is 1.22 bits per heavy atom. The van der Waals surface area contributed by atoms with Crippen LogP contribution in [0, 0.1) is 16.7 Å². The number of carboxylic acids is 1. The second-order valence-electron chi connectivity index (χ2n) is 6.70. The van der Waals surface area contributed by atoms with Gasteiger partial charge in [-0.15, -0.1) is 0 Å². The zero-order valence-corrected chi connectivity index (χ0v) is 15.6. The van der Waals surface area contributed by atoms with Crippen LogP contribution in [0.4, 0.5) is 10.5 Å². The van der Waals surface area contributed by atoms with Gasteiger partial charge >= 0.3 is 12.0 Å². The highest BCUT2D eigenvalue weighted by Crippen LogP contribution is 2.32. The van der Waals surface area contributed by atoms with Crippen LogP contribution in [0.2, 0.25) is 0 Å². The van der Waals surface area contributed by atoms with Crippen LogP contribution in [-0.4, -0.2) is 35.1 Å². The summed E-state index contributed by atoms with van der Waals surface area (Å²) in [5.41, 5.74) is 0.378. The quantitative estimate of drug-likeness (QED) is 0.834. The van der Waals surface area contributed by atoms with E-state index in [0.717, 1.165) is 9.79 Å². The largest absolute Gasteiger partial charge is 0.481 e. The third-order valence-electron chi connectivity index (χ3n) is 4.62. The molecule has 0 spiro atoms. The zero-order valence-electron chi connectivity index (χ0n) is 14.8. The number of rotatable bonds is 4. The lowest BCUT2D eigenvalue weighted by Crippen LogP contribution is -2.37. The average molecular weight is 381 g/mol. The fourth-order valence-electron chi connectivity index (χ4n) is 2.89. The normalized spacial score (nSPS) is 18.7. The van der Waals surface area contributed by atoms with Gasteiger partial charge in [-0.3, -0.25) is 4.79 Å². The van der Waals surface area contributed by atoms with Crippen molar-refractivity contribution in [3.8, 4) is 6.07 Å². The van der Waals surface area contributed by atoms with Crippen molar-refractivity contribution in [1.29, 1.82) is 5.26 Å². The molecule has 6 nitrogen and oxygen atoms in total. The summed E-state index contributed by atoms with van der Waals surface area (Å²) in [5.74, 6) is -0.878. The van der Waals surface area contributed by atoms with E-state index in [9.17, 15) is 14.7 Å². The summed E-state index contributed by atoms with van der Waals surface area (Å²) in [4.78, 5) is 27.0. The Hall–Kier alpha value is -2.98. The number of anilines is 1. The standard InChI is InChI=1S/C20H19N3O3S/c1-20(18(24)25)10-11-23(13-20)19(26)22-15-6-8-16(9-7-15)27-17-5-3-2-4-14(17)12-21/h2-9H,10-11,13H2,1H3,(H,22,26)(H,24,25). The predicted octanol–water partition coefficient (Wildman–Crippen LogP) is 4.04. The molecule has 3 rings (SSSR count). The van der Waals surface area contributed by atoms with Crippen molar-refractivity contribution in [2.45, 2.75) is 23.1 Å². The first kappa shape index (κ1) is 18.8. The molecule has 7 heteroatoms. The van der Waals surface area contributed by atoms with Crippen molar-refractivity contribution in [2.24, 2.45) is 5.41 Å². The Balaban J connectivity index is 1.62. The first-order valence-electron chi connectivity index (χ1n) is 8.48. The second-order valence-corrected chi connectivity index (χ2v) is 7.82. The number of amides is 2. The van der Waals surface area contributed by atoms with Crippen molar-refractivity contribution in [2.75, 3.05) is 18.4 Å². The number of nitrogens with zero attached hydrogens (tertiary/aromatic N) is 2. The molecule has 1 atom stereocenters. The molecule has 1 heterocycles. The van der Waals surface area contributed by atoms with Gasteiger partial charge in [-0.05, 0) is 49.7 Å². The molecule has 0 aliphatic carbocycles. The summed E-state index contributed by atoms with van der Waals surface area (Å²) in [7, 11) is 0. The fourth-order valence-corrected chi connectivity index (χ4v) is 3.79. The Morgan fingerprint density at radius 2 is 1.93 bits per heavy atom. The molecule has 2 aromatic carbocycles. The van der Waals surface area contributed by atoms with Crippen molar-refractivity contribution >= 4 is 29.4 Å². The highest BCUT2D eigenvalue weighted by atomic mass is 32.2. The van der Waals surface area contributed by atoms with Gasteiger partial charge in [0.2, 0.25) is 0 Å². The smallest absolute Gasteiger partial charge is 0.321 e. The molecule has 1 fully saturated rings. The van der Waals surface area contributed by atoms with Crippen molar-refractivity contribution in [3.63, 3.8) is 0 Å². The lowest BCUT2D eigenvalue weighted by Gasteiger charge is -2.20. The topological polar surface area (TPSA) is 93.4 Å². The molecule has 1 aliphatic heterocycles. The van der Waals surface area contributed by atoms with E-state index in [2.05, 4.69) is 11.4 Å². The van der Waals surface area contributed by atoms with Crippen LogP contribution in [0.3, 0.4) is 0 Å². The molecule has 1 aliphatic rings. The third kappa shape index (κ3) is 4.23. The van der Waals surface area contributed by atoms with Crippen LogP contribution in [0.25, 0.3) is 0 Å². The number of likely N-dealkylation sites (tertiary alicyclic amines) is 1. The maximum atomic E-state index is 12.4. The number of aliphatic carboxylic acids is 1. The van der Waals surface area contributed by atoms with Gasteiger partial charge in [0.1, 0.15) is 6.07 Å². The Labute approximate surface area is 161 Å². The van der Waals surface area contributed by atoms with Crippen LogP contribution in [0.1, 0.15) is 18.9 Å². The molecule has 2 N–H and O–H groups in total. The molecule has 2 aromatic rings. The molecule has 1 unspecified atom stereocenters. The summed E-state index contributed by atoms with van der Waals surface area (Å²) in [6, 6.07) is 16.6. The lowest BCUT2D eigenvalue weighted by atomic mass is 9.90. The van der Waals surface area contributed by atoms with Gasteiger partial charge in [0.05, 0.1) is 11.0 Å². The zero-order chi connectivity index (χ0) is 19.4. The van der Waals surface area contributed by atoms with E-state index in [-0.39, 0.29) is 12.6 Å². The van der Waals surface area contributed by atoms with Gasteiger partial charge in [-0.1, -0.05) is 23.9 Å². The van der Waals surface area contributed by atoms with Gasteiger partial charge in [0.15, 0.2) is 0 Å². The SMILES string of the molecule is CC1(C(=O)O)CCN(C(=O)Nc2ccc(Sc3ccccc3C#N)cc2)C1. The van der Waals surface area contributed by atoms with Gasteiger partial charge in [0, 0.05) is 28.6 Å². The molecule has 0 aromatic heterocycles. The summed E-state index contributed by atoms with van der Waals surface area (Å²) >= 11 is 1.48. The van der Waals surface area contributed by atoms with Gasteiger partial charge in [-0.25, -0.2) is 4.79 Å². The van der Waals surface area contributed by atoms with E-state index in [0.29, 0.717) is 24.2 Å². The second kappa shape index (κ2) is 7.72. The molecule has 1 saturated heterocycles. The van der Waals surface area contributed by atoms with E-state index in [1.807, 2.05) is 30.3 Å². The summed E-state index contributed by atoms with van der Waals surface area (Å²) in [6.07, 6.45) is 0.448. The molecule has 0 bridgehead atoms. The molecule has 138 valence electrons. The number of nitrogens with one attached hydrogen (secondary N) is 1. The minimum absolute atomic E-state index is 0.201. The number of carbonyl (C=O) groups excluding carboxylic acids is 1. The Bertz CT molecular complexity index is 907. The number of carbonyl (C=O) groups is 2. The van der Waals surface area contributed by atoms with E-state index in [1.54, 1.807) is 25.1 Å². The minimum Gasteiger partial charge on any atom is -0.481 e. The van der Waals surface area contributed by atoms with Crippen LogP contribution in [0.15, 0.2) is 58.3 Å². The lowest BCUT2D eigenvalue weighted by molar-refractivity contribution is -0.146. The summed E-state index contributed by atoms with van der Waals surface area (Å²) in [6.45, 7) is 2.29. The first-order chi connectivity index (χ1) is 12.9. The fraction of sp³-hybridized carbons (Fsp3) is 0.250. The number of hydrogen-bond donors (Lipinski definition) is 2. The first-order valence-corrected chi connectivity index (χ1v) is 9.29. The van der Waals surface area contributed by atoms with Crippen molar-refractivity contribution in [1.82, 2.24) is 4.90 Å². The minimum atomic E-state index is -0.883. The van der Waals surface area contributed by atoms with Crippen molar-refractivity contribution in [3.05, 3.63) is 54.1 Å². The summed E-state index contributed by atoms with van der Waals surface area (Å²) in [5, 5.41) is 21.2. The number of urea groups is 1. The number of carboxylic acid groups (broad SMARTS) is 1. The maximum Gasteiger partial charge on any atom is 0.321 e. The highest BCUT2D eigenvalue weighted by molar-refractivity contribution is 7.99. The highest BCUT2D eigenvalue weighted by Gasteiger charge is 2.42. The van der Waals surface area contributed by atoms with Gasteiger partial charge in [-0.2, -0.15) is 5.26 Å². The van der Waals surface area contributed by atoms with E-state index in [4.69, 9.17) is 5.26 Å². The number of hydrogen-bond acceptors (Lipinski definition) is 4. The molecular formula is C20H19N3O3S. The van der Waals surface area contributed by atoms with Crippen LogP contribution in [-0.2, 0) is 4.79 Å². The van der Waals surface area contributed by atoms with Gasteiger partial charge < -0.3 is 15.3 Å². The third-order valence-corrected chi connectivity index (χ3v) is 5.70. The Kier molecular flexibility index (Phi) is 5.38. The molecule has 2 amide bonds. The van der Waals surface area contributed by atoms with E-state index in [1.165, 1.54) is 16.7 Å². The molecule has 0 radical (unpaired) electrons. The van der Waals surface area contributed by atoms with E-state index < -0.39 is 11.4 Å². The maximum absolute atomic E-state index is 12.4. The van der Waals surface area contributed by atoms with Crippen LogP contribution < -0.4 is 5.32 Å². The Morgan fingerprint density at radius 3 is 2.56 bits per heavy atom. The average Bonchev–Trinajstić information content (AvgIpc) is 3.08. The summed E-state index contributed by atoms with van der Waals surface area (Å²) < 4.78 is 0. The molecule has 0 saturated carbocycles.